The lowest BCUT2D eigenvalue weighted by atomic mass is 10.2. The van der Waals surface area contributed by atoms with Gasteiger partial charge < -0.3 is 14.7 Å². The van der Waals surface area contributed by atoms with Crippen LogP contribution in [0.15, 0.2) is 33.0 Å². The van der Waals surface area contributed by atoms with Crippen LogP contribution in [0.3, 0.4) is 0 Å². The summed E-state index contributed by atoms with van der Waals surface area (Å²) in [5.41, 5.74) is 0.796. The van der Waals surface area contributed by atoms with Crippen molar-refractivity contribution >= 4 is 67.7 Å². The van der Waals surface area contributed by atoms with Crippen LogP contribution in [-0.4, -0.2) is 65.1 Å². The maximum absolute atomic E-state index is 12.8. The summed E-state index contributed by atoms with van der Waals surface area (Å²) >= 11 is 7.59. The molecule has 0 radical (unpaired) electrons. The molecule has 2 heterocycles. The summed E-state index contributed by atoms with van der Waals surface area (Å²) < 4.78 is 36.4. The van der Waals surface area contributed by atoms with E-state index in [9.17, 15) is 18.0 Å². The number of aliphatic carboxylic acids is 1. The largest absolute Gasteiger partial charge is 0.497 e. The molecule has 1 amide bonds. The Labute approximate surface area is 187 Å². The second-order valence-corrected chi connectivity index (χ2v) is 10.6. The maximum Gasteiger partial charge on any atom is 0.323 e. The first-order valence-electron chi connectivity index (χ1n) is 8.69. The minimum atomic E-state index is -4.05. The molecule has 0 bridgehead atoms. The topological polar surface area (TPSA) is 124 Å². The van der Waals surface area contributed by atoms with Gasteiger partial charge in [-0.25, -0.2) is 0 Å². The van der Waals surface area contributed by atoms with Crippen molar-refractivity contribution in [1.29, 1.82) is 0 Å². The second-order valence-electron chi connectivity index (χ2n) is 6.37. The number of benzene rings is 1. The molecule has 1 saturated heterocycles. The fourth-order valence-electron chi connectivity index (χ4n) is 2.93. The monoisotopic (exact) mass is 490 g/mol. The summed E-state index contributed by atoms with van der Waals surface area (Å²) in [5.74, 6) is -1.36. The fourth-order valence-corrected chi connectivity index (χ4v) is 6.08. The quantitative estimate of drug-likeness (QED) is 0.241. The third-order valence-electron chi connectivity index (χ3n) is 4.28. The van der Waals surface area contributed by atoms with Crippen molar-refractivity contribution in [2.24, 2.45) is 0 Å². The standard InChI is InChI=1S/C17H18N2O7S4/c1-26-10-4-5-12-11(8-10)18(6-2-3-7-30(23,24)25)16(28-12)14-15(22)19(9-13(20)21)17(27)29-14/h4-5,8H,2-3,6-7,9H2,1H3,(H,20,21)(H,23,24,25)/b16-14+. The Morgan fingerprint density at radius 1 is 1.23 bits per heavy atom. The highest BCUT2D eigenvalue weighted by Crippen LogP contribution is 2.51. The number of anilines is 1. The summed E-state index contributed by atoms with van der Waals surface area (Å²) in [5, 5.41) is 9.65. The van der Waals surface area contributed by atoms with Gasteiger partial charge in [-0.15, -0.1) is 0 Å². The van der Waals surface area contributed by atoms with Gasteiger partial charge in [0.1, 0.15) is 26.5 Å². The summed E-state index contributed by atoms with van der Waals surface area (Å²) in [7, 11) is -2.51. The molecular weight excluding hydrogens is 472 g/mol. The third-order valence-corrected chi connectivity index (χ3v) is 7.83. The molecule has 30 heavy (non-hydrogen) atoms. The second kappa shape index (κ2) is 9.14. The van der Waals surface area contributed by atoms with E-state index in [-0.39, 0.29) is 16.5 Å². The van der Waals surface area contributed by atoms with Gasteiger partial charge in [-0.05, 0) is 25.0 Å². The number of amides is 1. The summed E-state index contributed by atoms with van der Waals surface area (Å²) in [6.45, 7) is -0.123. The minimum Gasteiger partial charge on any atom is -0.497 e. The van der Waals surface area contributed by atoms with Gasteiger partial charge in [-0.2, -0.15) is 8.42 Å². The Morgan fingerprint density at radius 2 is 1.97 bits per heavy atom. The fraction of sp³-hybridized carbons (Fsp3) is 0.353. The number of unbranched alkanes of at least 4 members (excludes halogenated alkanes) is 1. The molecule has 0 spiro atoms. The predicted octanol–water partition coefficient (Wildman–Crippen LogP) is 2.39. The number of methoxy groups -OCH3 is 1. The van der Waals surface area contributed by atoms with Gasteiger partial charge in [0.2, 0.25) is 0 Å². The average Bonchev–Trinajstić information content (AvgIpc) is 3.15. The first-order chi connectivity index (χ1) is 14.1. The molecule has 2 N–H and O–H groups in total. The molecule has 0 aliphatic carbocycles. The van der Waals surface area contributed by atoms with Gasteiger partial charge in [0, 0.05) is 17.5 Å². The molecule has 0 saturated carbocycles. The van der Waals surface area contributed by atoms with Crippen LogP contribution < -0.4 is 9.64 Å². The van der Waals surface area contributed by atoms with Crippen molar-refractivity contribution in [2.75, 3.05) is 30.9 Å². The number of thioether (sulfide) groups is 2. The number of nitrogens with zero attached hydrogens (tertiary/aromatic N) is 2. The Bertz CT molecular complexity index is 1040. The summed E-state index contributed by atoms with van der Waals surface area (Å²) in [4.78, 5) is 28.0. The Balaban J connectivity index is 1.92. The van der Waals surface area contributed by atoms with Crippen LogP contribution in [0.25, 0.3) is 0 Å². The number of thiocarbonyl (C=S) groups is 1. The molecule has 2 aliphatic rings. The molecule has 13 heteroatoms. The van der Waals surface area contributed by atoms with Crippen molar-refractivity contribution in [1.82, 2.24) is 4.90 Å². The number of hydrogen-bond acceptors (Lipinski definition) is 9. The smallest absolute Gasteiger partial charge is 0.323 e. The summed E-state index contributed by atoms with van der Waals surface area (Å²) in [6, 6.07) is 5.46. The molecule has 0 atom stereocenters. The number of fused-ring (bicyclic) bond motifs is 1. The molecule has 0 aromatic heterocycles. The highest BCUT2D eigenvalue weighted by atomic mass is 32.2. The van der Waals surface area contributed by atoms with Crippen molar-refractivity contribution in [3.63, 3.8) is 0 Å². The number of rotatable bonds is 8. The van der Waals surface area contributed by atoms with Gasteiger partial charge in [0.25, 0.3) is 16.0 Å². The van der Waals surface area contributed by atoms with Crippen LogP contribution in [0.1, 0.15) is 12.8 Å². The van der Waals surface area contributed by atoms with E-state index < -0.39 is 28.5 Å². The summed E-state index contributed by atoms with van der Waals surface area (Å²) in [6.07, 6.45) is 0.683. The van der Waals surface area contributed by atoms with E-state index in [1.54, 1.807) is 6.07 Å². The van der Waals surface area contributed by atoms with Crippen LogP contribution in [-0.2, 0) is 19.7 Å². The molecule has 3 rings (SSSR count). The van der Waals surface area contributed by atoms with Crippen LogP contribution >= 0.6 is 35.7 Å². The van der Waals surface area contributed by atoms with E-state index in [1.807, 2.05) is 17.0 Å². The third kappa shape index (κ3) is 5.09. The number of carboxylic acid groups (broad SMARTS) is 1. The highest BCUT2D eigenvalue weighted by molar-refractivity contribution is 8.27. The average molecular weight is 491 g/mol. The van der Waals surface area contributed by atoms with E-state index >= 15 is 0 Å². The molecule has 1 aromatic carbocycles. The van der Waals surface area contributed by atoms with Crippen molar-refractivity contribution in [2.45, 2.75) is 17.7 Å². The first-order valence-corrected chi connectivity index (χ1v) is 12.3. The lowest BCUT2D eigenvalue weighted by Gasteiger charge is -2.21. The zero-order valence-corrected chi connectivity index (χ0v) is 19.0. The number of carboxylic acids is 1. The maximum atomic E-state index is 12.8. The van der Waals surface area contributed by atoms with Crippen molar-refractivity contribution in [3.8, 4) is 5.75 Å². The first kappa shape index (κ1) is 22.9. The molecule has 2 aliphatic heterocycles. The van der Waals surface area contributed by atoms with Crippen molar-refractivity contribution in [3.05, 3.63) is 28.1 Å². The van der Waals surface area contributed by atoms with Crippen LogP contribution in [0, 0.1) is 0 Å². The van der Waals surface area contributed by atoms with Gasteiger partial charge >= 0.3 is 5.97 Å². The van der Waals surface area contributed by atoms with E-state index in [2.05, 4.69) is 0 Å². The molecule has 1 aromatic rings. The highest BCUT2D eigenvalue weighted by Gasteiger charge is 2.39. The molecular formula is C17H18N2O7S4. The zero-order chi connectivity index (χ0) is 22.1. The van der Waals surface area contributed by atoms with Crippen LogP contribution in [0.5, 0.6) is 5.75 Å². The van der Waals surface area contributed by atoms with Gasteiger partial charge in [-0.1, -0.05) is 35.7 Å². The lowest BCUT2D eigenvalue weighted by Crippen LogP contribution is -2.33. The van der Waals surface area contributed by atoms with Crippen LogP contribution in [0.2, 0.25) is 0 Å². The molecule has 162 valence electrons. The van der Waals surface area contributed by atoms with Gasteiger partial charge in [0.15, 0.2) is 0 Å². The number of ether oxygens (including phenoxy) is 1. The number of carbonyl (C=O) groups is 2. The predicted molar refractivity (Wildman–Crippen MR) is 118 cm³/mol. The molecule has 9 nitrogen and oxygen atoms in total. The van der Waals surface area contributed by atoms with E-state index in [1.165, 1.54) is 18.9 Å². The Morgan fingerprint density at radius 3 is 2.60 bits per heavy atom. The SMILES string of the molecule is COc1ccc2c(c1)N(CCCCS(=O)(=O)O)/C(=C1\SC(=S)N(CC(=O)O)C1=O)S2. The van der Waals surface area contributed by atoms with E-state index in [4.69, 9.17) is 26.6 Å². The van der Waals surface area contributed by atoms with Crippen molar-refractivity contribution < 1.29 is 32.4 Å². The van der Waals surface area contributed by atoms with Gasteiger partial charge in [-0.3, -0.25) is 19.0 Å². The number of carbonyl (C=O) groups excluding carboxylic acids is 1. The molecule has 1 fully saturated rings. The van der Waals surface area contributed by atoms with Crippen LogP contribution in [0.4, 0.5) is 5.69 Å². The minimum absolute atomic E-state index is 0.172. The van der Waals surface area contributed by atoms with E-state index in [0.717, 1.165) is 27.2 Å². The molecule has 0 unspecified atom stereocenters. The lowest BCUT2D eigenvalue weighted by molar-refractivity contribution is -0.140. The Hall–Kier alpha value is -1.80. The van der Waals surface area contributed by atoms with E-state index in [0.29, 0.717) is 28.6 Å². The number of hydrogen-bond donors (Lipinski definition) is 2. The zero-order valence-electron chi connectivity index (χ0n) is 15.7. The van der Waals surface area contributed by atoms with Gasteiger partial charge in [0.05, 0.1) is 18.6 Å². The normalized spacial score (nSPS) is 18.9. The Kier molecular flexibility index (Phi) is 6.97.